The molecule has 0 radical (unpaired) electrons. The van der Waals surface area contributed by atoms with Gasteiger partial charge in [-0.15, -0.1) is 0 Å². The highest BCUT2D eigenvalue weighted by molar-refractivity contribution is 9.10. The van der Waals surface area contributed by atoms with Crippen LogP contribution in [0.1, 0.15) is 20.7 Å². The minimum atomic E-state index is -1.02. The number of rotatable bonds is 6. The summed E-state index contributed by atoms with van der Waals surface area (Å²) in [5.41, 5.74) is 2.92. The number of benzene rings is 3. The molecule has 0 bridgehead atoms. The molecule has 0 amide bonds. The zero-order valence-corrected chi connectivity index (χ0v) is 17.2. The van der Waals surface area contributed by atoms with E-state index < -0.39 is 11.9 Å². The minimum absolute atomic E-state index is 0.162. The Morgan fingerprint density at radius 2 is 1.75 bits per heavy atom. The largest absolute Gasteiger partial charge is 0.478 e. The van der Waals surface area contributed by atoms with Gasteiger partial charge in [0.15, 0.2) is 0 Å². The van der Waals surface area contributed by atoms with Crippen LogP contribution >= 0.6 is 27.9 Å². The van der Waals surface area contributed by atoms with Gasteiger partial charge in [-0.25, -0.2) is 9.59 Å². The van der Waals surface area contributed by atoms with Crippen molar-refractivity contribution in [3.8, 4) is 11.1 Å². The summed E-state index contributed by atoms with van der Waals surface area (Å²) in [5.74, 6) is -1.47. The SMILES string of the molecule is COC(=O)c1cc(Br)cc(SNc2cc(-c3ccccc3)ccc2C(=O)O)c1. The lowest BCUT2D eigenvalue weighted by molar-refractivity contribution is 0.0599. The number of carboxylic acid groups (broad SMARTS) is 1. The molecule has 7 heteroatoms. The second-order valence-corrected chi connectivity index (χ2v) is 7.60. The van der Waals surface area contributed by atoms with E-state index >= 15 is 0 Å². The van der Waals surface area contributed by atoms with Crippen molar-refractivity contribution in [2.75, 3.05) is 11.8 Å². The molecular weight excluding hydrogens is 442 g/mol. The zero-order valence-electron chi connectivity index (χ0n) is 14.8. The van der Waals surface area contributed by atoms with Crippen molar-refractivity contribution in [3.05, 3.63) is 82.3 Å². The minimum Gasteiger partial charge on any atom is -0.478 e. The van der Waals surface area contributed by atoms with Gasteiger partial charge in [0.2, 0.25) is 0 Å². The molecule has 0 atom stereocenters. The number of esters is 1. The Labute approximate surface area is 175 Å². The van der Waals surface area contributed by atoms with Crippen LogP contribution in [-0.2, 0) is 4.74 Å². The highest BCUT2D eigenvalue weighted by Gasteiger charge is 2.13. The molecular formula is C21H16BrNO4S. The molecule has 0 aliphatic heterocycles. The van der Waals surface area contributed by atoms with Gasteiger partial charge in [-0.3, -0.25) is 0 Å². The Hall–Kier alpha value is -2.77. The molecule has 28 heavy (non-hydrogen) atoms. The molecule has 0 saturated carbocycles. The molecule has 3 rings (SSSR count). The van der Waals surface area contributed by atoms with Crippen molar-refractivity contribution in [2.24, 2.45) is 0 Å². The van der Waals surface area contributed by atoms with Crippen LogP contribution in [-0.4, -0.2) is 24.2 Å². The number of carbonyl (C=O) groups excluding carboxylic acids is 1. The van der Waals surface area contributed by atoms with Crippen LogP contribution in [0.3, 0.4) is 0 Å². The number of carbonyl (C=O) groups is 2. The van der Waals surface area contributed by atoms with E-state index in [9.17, 15) is 14.7 Å². The third kappa shape index (κ3) is 4.74. The number of halogens is 1. The number of methoxy groups -OCH3 is 1. The van der Waals surface area contributed by atoms with Gasteiger partial charge in [0.05, 0.1) is 23.9 Å². The first-order valence-electron chi connectivity index (χ1n) is 8.22. The Kier molecular flexibility index (Phi) is 6.38. The normalized spacial score (nSPS) is 10.4. The van der Waals surface area contributed by atoms with E-state index in [-0.39, 0.29) is 5.56 Å². The number of aromatic carboxylic acids is 1. The first-order chi connectivity index (χ1) is 13.5. The van der Waals surface area contributed by atoms with Gasteiger partial charge in [0, 0.05) is 9.37 Å². The van der Waals surface area contributed by atoms with Crippen LogP contribution in [0.2, 0.25) is 0 Å². The molecule has 3 aromatic carbocycles. The van der Waals surface area contributed by atoms with E-state index in [4.69, 9.17) is 4.74 Å². The smallest absolute Gasteiger partial charge is 0.337 e. The zero-order chi connectivity index (χ0) is 20.1. The molecule has 142 valence electrons. The van der Waals surface area contributed by atoms with Gasteiger partial charge in [0.1, 0.15) is 0 Å². The molecule has 5 nitrogen and oxygen atoms in total. The maximum atomic E-state index is 11.8. The van der Waals surface area contributed by atoms with Crippen LogP contribution in [0.25, 0.3) is 11.1 Å². The van der Waals surface area contributed by atoms with E-state index in [1.807, 2.05) is 36.4 Å². The fourth-order valence-electron chi connectivity index (χ4n) is 2.60. The third-order valence-corrected chi connectivity index (χ3v) is 5.18. The maximum absolute atomic E-state index is 11.8. The summed E-state index contributed by atoms with van der Waals surface area (Å²) in [6.45, 7) is 0. The first kappa shape index (κ1) is 20.0. The van der Waals surface area contributed by atoms with E-state index in [1.54, 1.807) is 30.3 Å². The number of nitrogens with one attached hydrogen (secondary N) is 1. The van der Waals surface area contributed by atoms with Crippen LogP contribution in [0, 0.1) is 0 Å². The molecule has 0 heterocycles. The van der Waals surface area contributed by atoms with Crippen molar-refractivity contribution >= 4 is 45.5 Å². The third-order valence-electron chi connectivity index (χ3n) is 3.93. The Balaban J connectivity index is 1.90. The van der Waals surface area contributed by atoms with E-state index in [1.165, 1.54) is 19.1 Å². The summed E-state index contributed by atoms with van der Waals surface area (Å²) in [5, 5.41) is 9.50. The molecule has 0 unspecified atom stereocenters. The molecule has 0 aromatic heterocycles. The second kappa shape index (κ2) is 8.95. The van der Waals surface area contributed by atoms with Crippen molar-refractivity contribution in [1.29, 1.82) is 0 Å². The highest BCUT2D eigenvalue weighted by Crippen LogP contribution is 2.31. The average molecular weight is 458 g/mol. The number of hydrogen-bond donors (Lipinski definition) is 2. The summed E-state index contributed by atoms with van der Waals surface area (Å²) < 4.78 is 8.57. The van der Waals surface area contributed by atoms with Crippen LogP contribution in [0.15, 0.2) is 76.1 Å². The predicted octanol–water partition coefficient (Wildman–Crippen LogP) is 5.72. The summed E-state index contributed by atoms with van der Waals surface area (Å²) in [4.78, 5) is 24.1. The molecule has 2 N–H and O–H groups in total. The van der Waals surface area contributed by atoms with Gasteiger partial charge >= 0.3 is 11.9 Å². The second-order valence-electron chi connectivity index (χ2n) is 5.80. The quantitative estimate of drug-likeness (QED) is 0.364. The molecule has 0 spiro atoms. The van der Waals surface area contributed by atoms with E-state index in [2.05, 4.69) is 20.7 Å². The standard InChI is InChI=1S/C21H16BrNO4S/c1-27-21(26)15-9-16(22)12-17(10-15)28-23-19-11-14(7-8-18(19)20(24)25)13-5-3-2-4-6-13/h2-12,23H,1H3,(H,24,25). The van der Waals surface area contributed by atoms with Crippen molar-refractivity contribution < 1.29 is 19.4 Å². The number of ether oxygens (including phenoxy) is 1. The van der Waals surface area contributed by atoms with Gasteiger partial charge in [-0.2, -0.15) is 0 Å². The lowest BCUT2D eigenvalue weighted by Crippen LogP contribution is -2.03. The Morgan fingerprint density at radius 1 is 1.00 bits per heavy atom. The van der Waals surface area contributed by atoms with E-state index in [0.29, 0.717) is 11.3 Å². The summed E-state index contributed by atoms with van der Waals surface area (Å²) >= 11 is 4.59. The summed E-state index contributed by atoms with van der Waals surface area (Å²) in [7, 11) is 1.32. The van der Waals surface area contributed by atoms with Crippen LogP contribution < -0.4 is 4.72 Å². The van der Waals surface area contributed by atoms with Crippen molar-refractivity contribution in [1.82, 2.24) is 0 Å². The monoisotopic (exact) mass is 457 g/mol. The Bertz CT molecular complexity index is 1020. The fourth-order valence-corrected chi connectivity index (χ4v) is 4.01. The first-order valence-corrected chi connectivity index (χ1v) is 9.83. The predicted molar refractivity (Wildman–Crippen MR) is 114 cm³/mol. The molecule has 0 fully saturated rings. The van der Waals surface area contributed by atoms with Gasteiger partial charge in [-0.1, -0.05) is 52.3 Å². The topological polar surface area (TPSA) is 75.6 Å². The highest BCUT2D eigenvalue weighted by atomic mass is 79.9. The van der Waals surface area contributed by atoms with Gasteiger partial charge in [-0.05, 0) is 53.4 Å². The van der Waals surface area contributed by atoms with Crippen molar-refractivity contribution in [2.45, 2.75) is 4.90 Å². The summed E-state index contributed by atoms with van der Waals surface area (Å²) in [6, 6.07) is 20.0. The van der Waals surface area contributed by atoms with E-state index in [0.717, 1.165) is 20.5 Å². The van der Waals surface area contributed by atoms with Gasteiger partial charge < -0.3 is 14.6 Å². The molecule has 0 aliphatic carbocycles. The molecule has 0 aliphatic rings. The fraction of sp³-hybridized carbons (Fsp3) is 0.0476. The number of hydrogen-bond acceptors (Lipinski definition) is 5. The number of anilines is 1. The average Bonchev–Trinajstić information content (AvgIpc) is 2.71. The van der Waals surface area contributed by atoms with Gasteiger partial charge in [0.25, 0.3) is 0 Å². The lowest BCUT2D eigenvalue weighted by Gasteiger charge is -2.12. The Morgan fingerprint density at radius 3 is 2.43 bits per heavy atom. The van der Waals surface area contributed by atoms with Crippen molar-refractivity contribution in [3.63, 3.8) is 0 Å². The maximum Gasteiger partial charge on any atom is 0.337 e. The lowest BCUT2D eigenvalue weighted by atomic mass is 10.0. The van der Waals surface area contributed by atoms with Crippen LogP contribution in [0.4, 0.5) is 5.69 Å². The van der Waals surface area contributed by atoms with Crippen LogP contribution in [0.5, 0.6) is 0 Å². The molecule has 3 aromatic rings. The summed E-state index contributed by atoms with van der Waals surface area (Å²) in [6.07, 6.45) is 0. The molecule has 0 saturated heterocycles. The number of carboxylic acids is 1.